The zero-order valence-electron chi connectivity index (χ0n) is 10.3. The minimum absolute atomic E-state index is 0.0920. The van der Waals surface area contributed by atoms with Crippen LogP contribution in [0.15, 0.2) is 53.0 Å². The third-order valence-electron chi connectivity index (χ3n) is 2.93. The third kappa shape index (κ3) is 3.20. The maximum atomic E-state index is 13.2. The zero-order chi connectivity index (χ0) is 14.8. The molecule has 2 rings (SSSR count). The molecule has 0 aliphatic rings. The van der Waals surface area contributed by atoms with Gasteiger partial charge in [-0.25, -0.2) is 5.43 Å². The van der Waals surface area contributed by atoms with Crippen molar-refractivity contribution < 1.29 is 13.2 Å². The molecule has 0 spiro atoms. The number of hydrogen-bond donors (Lipinski definition) is 2. The van der Waals surface area contributed by atoms with Crippen LogP contribution < -0.4 is 11.3 Å². The van der Waals surface area contributed by atoms with Gasteiger partial charge in [0.15, 0.2) is 0 Å². The van der Waals surface area contributed by atoms with E-state index in [0.29, 0.717) is 10.0 Å². The predicted octanol–water partition coefficient (Wildman–Crippen LogP) is 4.02. The molecular weight excluding hydrogens is 333 g/mol. The summed E-state index contributed by atoms with van der Waals surface area (Å²) in [6.45, 7) is 0. The van der Waals surface area contributed by atoms with Crippen LogP contribution in [0.3, 0.4) is 0 Å². The predicted molar refractivity (Wildman–Crippen MR) is 74.8 cm³/mol. The highest BCUT2D eigenvalue weighted by Crippen LogP contribution is 2.37. The van der Waals surface area contributed by atoms with Gasteiger partial charge in [0.05, 0.1) is 11.6 Å². The Labute approximate surface area is 122 Å². The van der Waals surface area contributed by atoms with Gasteiger partial charge in [-0.05, 0) is 23.3 Å². The number of alkyl halides is 3. The maximum absolute atomic E-state index is 13.2. The van der Waals surface area contributed by atoms with E-state index in [-0.39, 0.29) is 5.56 Å². The molecule has 20 heavy (non-hydrogen) atoms. The van der Waals surface area contributed by atoms with E-state index >= 15 is 0 Å². The van der Waals surface area contributed by atoms with Gasteiger partial charge in [0, 0.05) is 4.47 Å². The average Bonchev–Trinajstić information content (AvgIpc) is 2.41. The van der Waals surface area contributed by atoms with Crippen molar-refractivity contribution in [1.29, 1.82) is 0 Å². The molecule has 1 atom stereocenters. The Morgan fingerprint density at radius 2 is 1.70 bits per heavy atom. The molecule has 0 heterocycles. The van der Waals surface area contributed by atoms with Crippen LogP contribution >= 0.6 is 15.9 Å². The molecule has 1 unspecified atom stereocenters. The molecule has 0 fully saturated rings. The summed E-state index contributed by atoms with van der Waals surface area (Å²) >= 11 is 3.06. The number of nitrogens with one attached hydrogen (secondary N) is 1. The van der Waals surface area contributed by atoms with Gasteiger partial charge < -0.3 is 0 Å². The number of benzene rings is 2. The quantitative estimate of drug-likeness (QED) is 0.651. The Kier molecular flexibility index (Phi) is 4.47. The molecule has 3 N–H and O–H groups in total. The Morgan fingerprint density at radius 1 is 1.05 bits per heavy atom. The molecule has 0 saturated heterocycles. The average molecular weight is 345 g/mol. The van der Waals surface area contributed by atoms with Crippen molar-refractivity contribution in [3.05, 3.63) is 69.7 Å². The van der Waals surface area contributed by atoms with Crippen LogP contribution in [0.5, 0.6) is 0 Å². The van der Waals surface area contributed by atoms with Crippen LogP contribution in [0.2, 0.25) is 0 Å². The summed E-state index contributed by atoms with van der Waals surface area (Å²) in [7, 11) is 0. The molecule has 0 saturated carbocycles. The first-order chi connectivity index (χ1) is 9.43. The van der Waals surface area contributed by atoms with E-state index in [1.165, 1.54) is 6.07 Å². The lowest BCUT2D eigenvalue weighted by Crippen LogP contribution is -2.30. The minimum atomic E-state index is -4.44. The van der Waals surface area contributed by atoms with E-state index in [1.807, 2.05) is 0 Å². The second-order valence-electron chi connectivity index (χ2n) is 4.24. The van der Waals surface area contributed by atoms with E-state index in [2.05, 4.69) is 21.4 Å². The van der Waals surface area contributed by atoms with Crippen LogP contribution in [-0.4, -0.2) is 0 Å². The molecular formula is C14H12BrF3N2. The summed E-state index contributed by atoms with van der Waals surface area (Å²) in [6.07, 6.45) is -4.44. The molecule has 0 amide bonds. The normalized spacial score (nSPS) is 13.2. The molecule has 2 aromatic carbocycles. The molecule has 0 radical (unpaired) electrons. The van der Waals surface area contributed by atoms with Crippen LogP contribution in [0.4, 0.5) is 13.2 Å². The van der Waals surface area contributed by atoms with Crippen molar-refractivity contribution in [3.8, 4) is 0 Å². The molecule has 0 bridgehead atoms. The fraction of sp³-hybridized carbons (Fsp3) is 0.143. The third-order valence-corrected chi connectivity index (χ3v) is 3.42. The summed E-state index contributed by atoms with van der Waals surface area (Å²) < 4.78 is 39.8. The van der Waals surface area contributed by atoms with E-state index in [9.17, 15) is 13.2 Å². The SMILES string of the molecule is NNC(c1ccccc1)c1ccc(Br)cc1C(F)(F)F. The van der Waals surface area contributed by atoms with Crippen molar-refractivity contribution in [2.45, 2.75) is 12.2 Å². The topological polar surface area (TPSA) is 38.0 Å². The first-order valence-corrected chi connectivity index (χ1v) is 6.60. The van der Waals surface area contributed by atoms with Gasteiger partial charge in [-0.1, -0.05) is 52.3 Å². The van der Waals surface area contributed by atoms with Crippen molar-refractivity contribution in [1.82, 2.24) is 5.43 Å². The zero-order valence-corrected chi connectivity index (χ0v) is 11.9. The molecule has 106 valence electrons. The Balaban J connectivity index is 2.56. The number of rotatable bonds is 3. The van der Waals surface area contributed by atoms with Crippen LogP contribution in [0, 0.1) is 0 Å². The Hall–Kier alpha value is -1.37. The van der Waals surface area contributed by atoms with E-state index in [0.717, 1.165) is 6.07 Å². The lowest BCUT2D eigenvalue weighted by atomic mass is 9.94. The summed E-state index contributed by atoms with van der Waals surface area (Å²) in [6, 6.07) is 12.1. The number of halogens is 4. The summed E-state index contributed by atoms with van der Waals surface area (Å²) in [5.74, 6) is 5.46. The second kappa shape index (κ2) is 5.95. The van der Waals surface area contributed by atoms with E-state index in [4.69, 9.17) is 5.84 Å². The molecule has 2 nitrogen and oxygen atoms in total. The van der Waals surface area contributed by atoms with Gasteiger partial charge in [-0.3, -0.25) is 5.84 Å². The van der Waals surface area contributed by atoms with Gasteiger partial charge in [0.25, 0.3) is 0 Å². The fourth-order valence-electron chi connectivity index (χ4n) is 2.04. The lowest BCUT2D eigenvalue weighted by Gasteiger charge is -2.21. The number of hydrazine groups is 1. The van der Waals surface area contributed by atoms with Gasteiger partial charge in [-0.2, -0.15) is 13.2 Å². The maximum Gasteiger partial charge on any atom is 0.416 e. The first kappa shape index (κ1) is 15.0. The molecule has 0 aliphatic heterocycles. The minimum Gasteiger partial charge on any atom is -0.271 e. The highest BCUT2D eigenvalue weighted by atomic mass is 79.9. The van der Waals surface area contributed by atoms with Crippen LogP contribution in [0.1, 0.15) is 22.7 Å². The Morgan fingerprint density at radius 3 is 2.25 bits per heavy atom. The molecule has 0 aliphatic carbocycles. The van der Waals surface area contributed by atoms with Gasteiger partial charge in [-0.15, -0.1) is 0 Å². The fourth-order valence-corrected chi connectivity index (χ4v) is 2.40. The smallest absolute Gasteiger partial charge is 0.271 e. The summed E-state index contributed by atoms with van der Waals surface area (Å²) in [5, 5.41) is 0. The molecule has 2 aromatic rings. The highest BCUT2D eigenvalue weighted by molar-refractivity contribution is 9.10. The highest BCUT2D eigenvalue weighted by Gasteiger charge is 2.35. The van der Waals surface area contributed by atoms with Crippen LogP contribution in [-0.2, 0) is 6.18 Å². The monoisotopic (exact) mass is 344 g/mol. The van der Waals surface area contributed by atoms with Gasteiger partial charge >= 0.3 is 6.18 Å². The lowest BCUT2D eigenvalue weighted by molar-refractivity contribution is -0.138. The largest absolute Gasteiger partial charge is 0.416 e. The number of hydrogen-bond acceptors (Lipinski definition) is 2. The second-order valence-corrected chi connectivity index (χ2v) is 5.16. The van der Waals surface area contributed by atoms with Gasteiger partial charge in [0.1, 0.15) is 0 Å². The molecule has 6 heteroatoms. The van der Waals surface area contributed by atoms with E-state index in [1.54, 1.807) is 36.4 Å². The van der Waals surface area contributed by atoms with Crippen molar-refractivity contribution in [3.63, 3.8) is 0 Å². The van der Waals surface area contributed by atoms with Crippen molar-refractivity contribution >= 4 is 15.9 Å². The van der Waals surface area contributed by atoms with Crippen molar-refractivity contribution in [2.24, 2.45) is 5.84 Å². The van der Waals surface area contributed by atoms with Crippen LogP contribution in [0.25, 0.3) is 0 Å². The Bertz CT molecular complexity index is 585. The number of nitrogens with two attached hydrogens (primary N) is 1. The van der Waals surface area contributed by atoms with Gasteiger partial charge in [0.2, 0.25) is 0 Å². The summed E-state index contributed by atoms with van der Waals surface area (Å²) in [5.41, 5.74) is 2.50. The van der Waals surface area contributed by atoms with Crippen molar-refractivity contribution in [2.75, 3.05) is 0 Å². The standard InChI is InChI=1S/C14H12BrF3N2/c15-10-6-7-11(12(8-10)14(16,17)18)13(20-19)9-4-2-1-3-5-9/h1-8,13,20H,19H2. The van der Waals surface area contributed by atoms with E-state index < -0.39 is 17.8 Å². The molecule has 0 aromatic heterocycles. The summed E-state index contributed by atoms with van der Waals surface area (Å²) in [4.78, 5) is 0. The first-order valence-electron chi connectivity index (χ1n) is 5.81.